The molecule has 2 rings (SSSR count). The second-order valence-electron chi connectivity index (χ2n) is 5.74. The number of halogens is 1. The van der Waals surface area contributed by atoms with Crippen molar-refractivity contribution in [1.29, 1.82) is 0 Å². The number of benzene rings is 1. The van der Waals surface area contributed by atoms with Crippen molar-refractivity contribution in [3.05, 3.63) is 51.2 Å². The average molecular weight is 306 g/mol. The molecular weight excluding hydrogens is 283 g/mol. The van der Waals surface area contributed by atoms with E-state index in [0.29, 0.717) is 23.5 Å². The van der Waals surface area contributed by atoms with Crippen molar-refractivity contribution < 1.29 is 9.13 Å². The van der Waals surface area contributed by atoms with Crippen LogP contribution >= 0.6 is 0 Å². The molecule has 120 valence electrons. The van der Waals surface area contributed by atoms with Crippen molar-refractivity contribution in [3.8, 4) is 5.75 Å². The molecule has 4 nitrogen and oxygen atoms in total. The molecule has 1 aromatic heterocycles. The van der Waals surface area contributed by atoms with Crippen LogP contribution in [0.25, 0.3) is 0 Å². The number of hydrogen-bond acceptors (Lipinski definition) is 2. The summed E-state index contributed by atoms with van der Waals surface area (Å²) in [5.41, 5.74) is 1.79. The molecule has 0 fully saturated rings. The Hall–Kier alpha value is -2.04. The summed E-state index contributed by atoms with van der Waals surface area (Å²) in [6, 6.07) is 4.95. The Morgan fingerprint density at radius 3 is 2.50 bits per heavy atom. The smallest absolute Gasteiger partial charge is 0.268 e. The molecule has 22 heavy (non-hydrogen) atoms. The van der Waals surface area contributed by atoms with E-state index in [1.807, 2.05) is 39.3 Å². The van der Waals surface area contributed by atoms with Crippen LogP contribution in [0.1, 0.15) is 56.5 Å². The predicted molar refractivity (Wildman–Crippen MR) is 85.3 cm³/mol. The molecule has 1 atom stereocenters. The van der Waals surface area contributed by atoms with Gasteiger partial charge in [-0.25, -0.2) is 4.39 Å². The van der Waals surface area contributed by atoms with E-state index in [2.05, 4.69) is 5.10 Å². The molecule has 0 saturated heterocycles. The molecule has 2 aromatic rings. The van der Waals surface area contributed by atoms with Gasteiger partial charge in [0, 0.05) is 29.3 Å². The minimum atomic E-state index is -0.352. The van der Waals surface area contributed by atoms with Crippen molar-refractivity contribution >= 4 is 0 Å². The molecule has 0 amide bonds. The monoisotopic (exact) mass is 306 g/mol. The fraction of sp³-hybridized carbons (Fsp3) is 0.471. The van der Waals surface area contributed by atoms with Gasteiger partial charge in [0.05, 0.1) is 6.61 Å². The first-order valence-corrected chi connectivity index (χ1v) is 7.60. The van der Waals surface area contributed by atoms with Crippen molar-refractivity contribution in [1.82, 2.24) is 9.78 Å². The molecular formula is C17H23FN2O2. The highest BCUT2D eigenvalue weighted by molar-refractivity contribution is 5.37. The standard InChI is InChI=1S/C17H23FN2O2/c1-6-22-13-7-8-14(15(18)9-13)11(4)16-12(5)20(10(2)3)19-17(16)21/h7-11H,6H2,1-5H3,(H,19,21). The molecule has 1 aromatic carbocycles. The summed E-state index contributed by atoms with van der Waals surface area (Å²) in [6.45, 7) is 10.1. The summed E-state index contributed by atoms with van der Waals surface area (Å²) in [6.07, 6.45) is 0. The lowest BCUT2D eigenvalue weighted by molar-refractivity contribution is 0.338. The molecule has 1 heterocycles. The van der Waals surface area contributed by atoms with Gasteiger partial charge in [-0.15, -0.1) is 0 Å². The summed E-state index contributed by atoms with van der Waals surface area (Å²) in [7, 11) is 0. The average Bonchev–Trinajstić information content (AvgIpc) is 2.74. The number of nitrogens with zero attached hydrogens (tertiary/aromatic N) is 1. The maximum atomic E-state index is 14.3. The summed E-state index contributed by atoms with van der Waals surface area (Å²) < 4.78 is 21.5. The maximum Gasteiger partial charge on any atom is 0.268 e. The van der Waals surface area contributed by atoms with Gasteiger partial charge in [0.25, 0.3) is 5.56 Å². The zero-order valence-corrected chi connectivity index (χ0v) is 13.7. The second-order valence-corrected chi connectivity index (χ2v) is 5.74. The third kappa shape index (κ3) is 2.93. The van der Waals surface area contributed by atoms with Gasteiger partial charge in [-0.1, -0.05) is 13.0 Å². The summed E-state index contributed by atoms with van der Waals surface area (Å²) in [5, 5.41) is 2.83. The zero-order chi connectivity index (χ0) is 16.4. The minimum absolute atomic E-state index is 0.152. The van der Waals surface area contributed by atoms with Crippen LogP contribution in [0.4, 0.5) is 4.39 Å². The normalized spacial score (nSPS) is 12.7. The number of aromatic nitrogens is 2. The molecule has 5 heteroatoms. The molecule has 0 saturated carbocycles. The first kappa shape index (κ1) is 16.3. The molecule has 0 aliphatic heterocycles. The highest BCUT2D eigenvalue weighted by Gasteiger charge is 2.22. The van der Waals surface area contributed by atoms with Crippen LogP contribution in [0.3, 0.4) is 0 Å². The van der Waals surface area contributed by atoms with Crippen LogP contribution in [0, 0.1) is 12.7 Å². The second kappa shape index (κ2) is 6.38. The Kier molecular flexibility index (Phi) is 4.74. The number of H-pyrrole nitrogens is 1. The largest absolute Gasteiger partial charge is 0.494 e. The lowest BCUT2D eigenvalue weighted by atomic mass is 9.93. The summed E-state index contributed by atoms with van der Waals surface area (Å²) in [4.78, 5) is 12.2. The molecule has 0 bridgehead atoms. The van der Waals surface area contributed by atoms with Crippen LogP contribution in [-0.2, 0) is 0 Å². The lowest BCUT2D eigenvalue weighted by Crippen LogP contribution is -2.12. The van der Waals surface area contributed by atoms with Crippen LogP contribution in [0.5, 0.6) is 5.75 Å². The van der Waals surface area contributed by atoms with Gasteiger partial charge in [0.2, 0.25) is 0 Å². The number of aromatic amines is 1. The third-order valence-electron chi connectivity index (χ3n) is 3.92. The van der Waals surface area contributed by atoms with Gasteiger partial charge < -0.3 is 4.74 Å². The predicted octanol–water partition coefficient (Wildman–Crippen LogP) is 3.76. The van der Waals surface area contributed by atoms with Crippen molar-refractivity contribution in [2.75, 3.05) is 6.61 Å². The van der Waals surface area contributed by atoms with E-state index >= 15 is 0 Å². The number of hydrogen-bond donors (Lipinski definition) is 1. The fourth-order valence-electron chi connectivity index (χ4n) is 2.84. The number of ether oxygens (including phenoxy) is 1. The Labute approximate surface area is 129 Å². The Morgan fingerprint density at radius 2 is 2.00 bits per heavy atom. The first-order chi connectivity index (χ1) is 10.4. The van der Waals surface area contributed by atoms with E-state index in [-0.39, 0.29) is 23.3 Å². The quantitative estimate of drug-likeness (QED) is 0.914. The van der Waals surface area contributed by atoms with Crippen LogP contribution in [-0.4, -0.2) is 16.4 Å². The molecule has 0 aliphatic carbocycles. The zero-order valence-electron chi connectivity index (χ0n) is 13.7. The van der Waals surface area contributed by atoms with Gasteiger partial charge >= 0.3 is 0 Å². The topological polar surface area (TPSA) is 47.0 Å². The third-order valence-corrected chi connectivity index (χ3v) is 3.92. The van der Waals surface area contributed by atoms with E-state index in [4.69, 9.17) is 4.74 Å². The van der Waals surface area contributed by atoms with Crippen LogP contribution < -0.4 is 10.3 Å². The molecule has 1 N–H and O–H groups in total. The van der Waals surface area contributed by atoms with Gasteiger partial charge in [-0.3, -0.25) is 14.6 Å². The number of rotatable bonds is 5. The van der Waals surface area contributed by atoms with E-state index in [1.54, 1.807) is 12.1 Å². The SMILES string of the molecule is CCOc1ccc(C(C)c2c(C)n(C(C)C)[nH]c2=O)c(F)c1. The Morgan fingerprint density at radius 1 is 1.32 bits per heavy atom. The van der Waals surface area contributed by atoms with Gasteiger partial charge in [0.15, 0.2) is 0 Å². The lowest BCUT2D eigenvalue weighted by Gasteiger charge is -2.15. The van der Waals surface area contributed by atoms with Crippen molar-refractivity contribution in [2.24, 2.45) is 0 Å². The van der Waals surface area contributed by atoms with E-state index in [9.17, 15) is 9.18 Å². The summed E-state index contributed by atoms with van der Waals surface area (Å²) >= 11 is 0. The number of nitrogens with one attached hydrogen (secondary N) is 1. The minimum Gasteiger partial charge on any atom is -0.494 e. The Balaban J connectivity index is 2.44. The molecule has 0 radical (unpaired) electrons. The van der Waals surface area contributed by atoms with Crippen LogP contribution in [0.2, 0.25) is 0 Å². The maximum absolute atomic E-state index is 14.3. The van der Waals surface area contributed by atoms with E-state index < -0.39 is 0 Å². The first-order valence-electron chi connectivity index (χ1n) is 7.60. The molecule has 1 unspecified atom stereocenters. The van der Waals surface area contributed by atoms with Crippen molar-refractivity contribution in [2.45, 2.75) is 46.6 Å². The van der Waals surface area contributed by atoms with Crippen LogP contribution in [0.15, 0.2) is 23.0 Å². The highest BCUT2D eigenvalue weighted by Crippen LogP contribution is 2.29. The Bertz CT molecular complexity index is 716. The summed E-state index contributed by atoms with van der Waals surface area (Å²) in [5.74, 6) is -0.171. The van der Waals surface area contributed by atoms with Gasteiger partial charge in [-0.2, -0.15) is 0 Å². The highest BCUT2D eigenvalue weighted by atomic mass is 19.1. The fourth-order valence-corrected chi connectivity index (χ4v) is 2.84. The van der Waals surface area contributed by atoms with Gasteiger partial charge in [0.1, 0.15) is 11.6 Å². The van der Waals surface area contributed by atoms with Crippen molar-refractivity contribution in [3.63, 3.8) is 0 Å². The molecule has 0 aliphatic rings. The van der Waals surface area contributed by atoms with E-state index in [1.165, 1.54) is 6.07 Å². The van der Waals surface area contributed by atoms with Gasteiger partial charge in [-0.05, 0) is 39.3 Å². The molecule has 0 spiro atoms. The van der Waals surface area contributed by atoms with E-state index in [0.717, 1.165) is 5.69 Å².